The smallest absolute Gasteiger partial charge is 0.269 e. The number of piperidine rings is 1. The normalized spacial score (nSPS) is 16.6. The zero-order chi connectivity index (χ0) is 19.2. The minimum atomic E-state index is -0.353. The van der Waals surface area contributed by atoms with Crippen LogP contribution in [0.3, 0.4) is 0 Å². The third-order valence-electron chi connectivity index (χ3n) is 4.73. The number of benzene rings is 1. The van der Waals surface area contributed by atoms with Gasteiger partial charge in [-0.25, -0.2) is 0 Å². The standard InChI is InChI=1S/C20H23N3O3S/c1-2-14-7-9-15(10-8-14)18(24)21-22-19(25)16-5-3-11-23(13-16)20(26)17-6-4-12-27-17/h4,6-10,12,16H,2-3,5,11,13H2,1H3,(H,21,24)(H,22,25). The average molecular weight is 385 g/mol. The van der Waals surface area contributed by atoms with E-state index in [0.29, 0.717) is 30.0 Å². The molecule has 6 nitrogen and oxygen atoms in total. The van der Waals surface area contributed by atoms with E-state index in [9.17, 15) is 14.4 Å². The second-order valence-electron chi connectivity index (χ2n) is 6.56. The Balaban J connectivity index is 1.52. The number of amides is 3. The van der Waals surface area contributed by atoms with E-state index in [1.54, 1.807) is 23.1 Å². The maximum absolute atomic E-state index is 12.5. The van der Waals surface area contributed by atoms with Crippen LogP contribution in [0.2, 0.25) is 0 Å². The third kappa shape index (κ3) is 4.74. The highest BCUT2D eigenvalue weighted by atomic mass is 32.1. The summed E-state index contributed by atoms with van der Waals surface area (Å²) in [6.45, 7) is 3.06. The number of hydrogen-bond donors (Lipinski definition) is 2. The van der Waals surface area contributed by atoms with Gasteiger partial charge in [0.15, 0.2) is 0 Å². The molecule has 1 unspecified atom stereocenters. The predicted molar refractivity (Wildman–Crippen MR) is 104 cm³/mol. The van der Waals surface area contributed by atoms with Gasteiger partial charge >= 0.3 is 0 Å². The number of carbonyl (C=O) groups excluding carboxylic acids is 3. The highest BCUT2D eigenvalue weighted by Gasteiger charge is 2.29. The van der Waals surface area contributed by atoms with Crippen LogP contribution in [0.5, 0.6) is 0 Å². The van der Waals surface area contributed by atoms with Crippen molar-refractivity contribution >= 4 is 29.1 Å². The van der Waals surface area contributed by atoms with Gasteiger partial charge in [-0.3, -0.25) is 25.2 Å². The lowest BCUT2D eigenvalue weighted by molar-refractivity contribution is -0.127. The number of nitrogens with one attached hydrogen (secondary N) is 2. The Labute approximate surface area is 162 Å². The van der Waals surface area contributed by atoms with Gasteiger partial charge in [-0.15, -0.1) is 11.3 Å². The van der Waals surface area contributed by atoms with Gasteiger partial charge < -0.3 is 4.90 Å². The van der Waals surface area contributed by atoms with E-state index in [1.807, 2.05) is 30.5 Å². The summed E-state index contributed by atoms with van der Waals surface area (Å²) in [6, 6.07) is 10.9. The topological polar surface area (TPSA) is 78.5 Å². The molecule has 1 aromatic heterocycles. The minimum Gasteiger partial charge on any atom is -0.337 e. The quantitative estimate of drug-likeness (QED) is 0.794. The first kappa shape index (κ1) is 19.1. The first-order chi connectivity index (χ1) is 13.1. The van der Waals surface area contributed by atoms with Crippen molar-refractivity contribution in [1.29, 1.82) is 0 Å². The lowest BCUT2D eigenvalue weighted by Crippen LogP contribution is -2.50. The van der Waals surface area contributed by atoms with E-state index in [0.717, 1.165) is 18.4 Å². The molecule has 0 bridgehead atoms. The van der Waals surface area contributed by atoms with E-state index >= 15 is 0 Å². The van der Waals surface area contributed by atoms with Gasteiger partial charge in [-0.05, 0) is 48.4 Å². The molecule has 0 radical (unpaired) electrons. The number of hydrogen-bond acceptors (Lipinski definition) is 4. The molecule has 2 aromatic rings. The van der Waals surface area contributed by atoms with Crippen LogP contribution in [0.15, 0.2) is 41.8 Å². The molecule has 2 N–H and O–H groups in total. The number of carbonyl (C=O) groups is 3. The lowest BCUT2D eigenvalue weighted by Gasteiger charge is -2.31. The van der Waals surface area contributed by atoms with Crippen molar-refractivity contribution in [2.45, 2.75) is 26.2 Å². The van der Waals surface area contributed by atoms with E-state index < -0.39 is 0 Å². The zero-order valence-corrected chi connectivity index (χ0v) is 16.1. The molecule has 7 heteroatoms. The fraction of sp³-hybridized carbons (Fsp3) is 0.350. The van der Waals surface area contributed by atoms with Gasteiger partial charge in [-0.1, -0.05) is 25.1 Å². The van der Waals surface area contributed by atoms with Gasteiger partial charge in [-0.2, -0.15) is 0 Å². The molecular formula is C20H23N3O3S. The molecule has 0 saturated carbocycles. The van der Waals surface area contributed by atoms with Crippen LogP contribution in [-0.4, -0.2) is 35.7 Å². The van der Waals surface area contributed by atoms with E-state index in [2.05, 4.69) is 10.9 Å². The van der Waals surface area contributed by atoms with Gasteiger partial charge in [0.1, 0.15) is 0 Å². The summed E-state index contributed by atoms with van der Waals surface area (Å²) < 4.78 is 0. The summed E-state index contributed by atoms with van der Waals surface area (Å²) in [7, 11) is 0. The molecular weight excluding hydrogens is 362 g/mol. The summed E-state index contributed by atoms with van der Waals surface area (Å²) in [5.41, 5.74) is 6.60. The molecule has 1 fully saturated rings. The van der Waals surface area contributed by atoms with Crippen molar-refractivity contribution in [2.24, 2.45) is 5.92 Å². The van der Waals surface area contributed by atoms with Crippen LogP contribution in [0, 0.1) is 5.92 Å². The van der Waals surface area contributed by atoms with Crippen molar-refractivity contribution in [3.63, 3.8) is 0 Å². The van der Waals surface area contributed by atoms with Crippen LogP contribution in [0.4, 0.5) is 0 Å². The highest BCUT2D eigenvalue weighted by Crippen LogP contribution is 2.20. The van der Waals surface area contributed by atoms with Crippen molar-refractivity contribution in [2.75, 3.05) is 13.1 Å². The zero-order valence-electron chi connectivity index (χ0n) is 15.2. The fourth-order valence-corrected chi connectivity index (χ4v) is 3.81. The Bertz CT molecular complexity index is 802. The summed E-state index contributed by atoms with van der Waals surface area (Å²) in [5, 5.41) is 1.87. The van der Waals surface area contributed by atoms with Crippen molar-refractivity contribution in [3.8, 4) is 0 Å². The molecule has 1 aliphatic rings. The van der Waals surface area contributed by atoms with Crippen molar-refractivity contribution in [3.05, 3.63) is 57.8 Å². The molecule has 1 saturated heterocycles. The third-order valence-corrected chi connectivity index (χ3v) is 5.59. The number of likely N-dealkylation sites (tertiary alicyclic amines) is 1. The molecule has 142 valence electrons. The van der Waals surface area contributed by atoms with Gasteiger partial charge in [0.25, 0.3) is 11.8 Å². The Hall–Kier alpha value is -2.67. The van der Waals surface area contributed by atoms with E-state index in [4.69, 9.17) is 0 Å². The number of nitrogens with zero attached hydrogens (tertiary/aromatic N) is 1. The van der Waals surface area contributed by atoms with Crippen LogP contribution >= 0.6 is 11.3 Å². The average Bonchev–Trinajstić information content (AvgIpc) is 3.26. The summed E-state index contributed by atoms with van der Waals surface area (Å²) in [4.78, 5) is 39.5. The van der Waals surface area contributed by atoms with E-state index in [1.165, 1.54) is 11.3 Å². The summed E-state index contributed by atoms with van der Waals surface area (Å²) in [6.07, 6.45) is 2.36. The molecule has 1 atom stereocenters. The molecule has 1 aliphatic heterocycles. The number of rotatable bonds is 4. The molecule has 0 spiro atoms. The fourth-order valence-electron chi connectivity index (χ4n) is 3.12. The Kier molecular flexibility index (Phi) is 6.24. The Morgan fingerprint density at radius 2 is 1.93 bits per heavy atom. The van der Waals surface area contributed by atoms with Crippen molar-refractivity contribution in [1.82, 2.24) is 15.8 Å². The second-order valence-corrected chi connectivity index (χ2v) is 7.51. The number of aryl methyl sites for hydroxylation is 1. The number of thiophene rings is 1. The first-order valence-corrected chi connectivity index (χ1v) is 9.98. The molecule has 0 aliphatic carbocycles. The molecule has 27 heavy (non-hydrogen) atoms. The SMILES string of the molecule is CCc1ccc(C(=O)NNC(=O)C2CCCN(C(=O)c3cccs3)C2)cc1. The van der Waals surface area contributed by atoms with Crippen LogP contribution < -0.4 is 10.9 Å². The van der Waals surface area contributed by atoms with Gasteiger partial charge in [0, 0.05) is 18.7 Å². The lowest BCUT2D eigenvalue weighted by atomic mass is 9.97. The molecule has 1 aromatic carbocycles. The largest absolute Gasteiger partial charge is 0.337 e. The van der Waals surface area contributed by atoms with Crippen molar-refractivity contribution < 1.29 is 14.4 Å². The minimum absolute atomic E-state index is 0.0393. The predicted octanol–water partition coefficient (Wildman–Crippen LogP) is 2.62. The maximum Gasteiger partial charge on any atom is 0.269 e. The summed E-state index contributed by atoms with van der Waals surface area (Å²) in [5.74, 6) is -0.987. The van der Waals surface area contributed by atoms with Crippen LogP contribution in [-0.2, 0) is 11.2 Å². The maximum atomic E-state index is 12.5. The van der Waals surface area contributed by atoms with Gasteiger partial charge in [0.2, 0.25) is 5.91 Å². The monoisotopic (exact) mass is 385 g/mol. The van der Waals surface area contributed by atoms with Crippen LogP contribution in [0.25, 0.3) is 0 Å². The van der Waals surface area contributed by atoms with E-state index in [-0.39, 0.29) is 23.6 Å². The Morgan fingerprint density at radius 1 is 1.15 bits per heavy atom. The molecule has 2 heterocycles. The number of hydrazine groups is 1. The Morgan fingerprint density at radius 3 is 2.59 bits per heavy atom. The first-order valence-electron chi connectivity index (χ1n) is 9.10. The van der Waals surface area contributed by atoms with Gasteiger partial charge in [0.05, 0.1) is 10.8 Å². The second kappa shape index (κ2) is 8.81. The summed E-state index contributed by atoms with van der Waals surface area (Å²) >= 11 is 1.40. The van der Waals surface area contributed by atoms with Crippen LogP contribution in [0.1, 0.15) is 45.4 Å². The molecule has 3 amide bonds. The highest BCUT2D eigenvalue weighted by molar-refractivity contribution is 7.12. The molecule has 3 rings (SSSR count).